The SMILES string of the molecule is NCCOCCn1cnc(-c2cccc([N+](=O)[O-])c2)n1. The lowest BCUT2D eigenvalue weighted by Gasteiger charge is -2.01. The van der Waals surface area contributed by atoms with Crippen molar-refractivity contribution in [2.24, 2.45) is 5.73 Å². The van der Waals surface area contributed by atoms with Crippen molar-refractivity contribution in [3.8, 4) is 11.4 Å². The quantitative estimate of drug-likeness (QED) is 0.456. The van der Waals surface area contributed by atoms with E-state index in [-0.39, 0.29) is 5.69 Å². The van der Waals surface area contributed by atoms with Gasteiger partial charge in [0.05, 0.1) is 24.7 Å². The van der Waals surface area contributed by atoms with E-state index in [1.807, 2.05) is 0 Å². The van der Waals surface area contributed by atoms with Crippen LogP contribution >= 0.6 is 0 Å². The zero-order valence-corrected chi connectivity index (χ0v) is 10.8. The Balaban J connectivity index is 2.04. The van der Waals surface area contributed by atoms with Crippen LogP contribution in [0.1, 0.15) is 0 Å². The van der Waals surface area contributed by atoms with Crippen molar-refractivity contribution in [3.05, 3.63) is 40.7 Å². The van der Waals surface area contributed by atoms with Crippen molar-refractivity contribution >= 4 is 5.69 Å². The number of rotatable bonds is 7. The van der Waals surface area contributed by atoms with Crippen LogP contribution in [-0.4, -0.2) is 39.4 Å². The summed E-state index contributed by atoms with van der Waals surface area (Å²) < 4.78 is 6.88. The van der Waals surface area contributed by atoms with E-state index in [4.69, 9.17) is 10.5 Å². The Morgan fingerprint density at radius 3 is 3.00 bits per heavy atom. The fraction of sp³-hybridized carbons (Fsp3) is 0.333. The average Bonchev–Trinajstić information content (AvgIpc) is 2.92. The summed E-state index contributed by atoms with van der Waals surface area (Å²) in [7, 11) is 0. The molecule has 8 heteroatoms. The van der Waals surface area contributed by atoms with Gasteiger partial charge < -0.3 is 10.5 Å². The molecule has 1 aromatic heterocycles. The van der Waals surface area contributed by atoms with Gasteiger partial charge >= 0.3 is 0 Å². The predicted octanol–water partition coefficient (Wildman–Crippen LogP) is 0.829. The van der Waals surface area contributed by atoms with E-state index in [9.17, 15) is 10.1 Å². The van der Waals surface area contributed by atoms with E-state index >= 15 is 0 Å². The number of hydrogen-bond acceptors (Lipinski definition) is 6. The Labute approximate surface area is 115 Å². The molecule has 1 aromatic carbocycles. The minimum atomic E-state index is -0.443. The highest BCUT2D eigenvalue weighted by atomic mass is 16.6. The second-order valence-electron chi connectivity index (χ2n) is 4.04. The molecule has 0 atom stereocenters. The number of ether oxygens (including phenoxy) is 1. The van der Waals surface area contributed by atoms with Gasteiger partial charge in [0.2, 0.25) is 0 Å². The summed E-state index contributed by atoms with van der Waals surface area (Å²) >= 11 is 0. The minimum Gasteiger partial charge on any atom is -0.378 e. The first kappa shape index (κ1) is 14.1. The lowest BCUT2D eigenvalue weighted by atomic mass is 10.2. The second kappa shape index (κ2) is 6.73. The molecule has 0 amide bonds. The Morgan fingerprint density at radius 2 is 2.25 bits per heavy atom. The van der Waals surface area contributed by atoms with Crippen molar-refractivity contribution in [1.29, 1.82) is 0 Å². The molecular formula is C12H15N5O3. The summed E-state index contributed by atoms with van der Waals surface area (Å²) in [5.74, 6) is 0.451. The molecule has 0 spiro atoms. The summed E-state index contributed by atoms with van der Waals surface area (Å²) in [6, 6.07) is 6.22. The normalized spacial score (nSPS) is 10.7. The Bertz CT molecular complexity index is 584. The molecule has 0 radical (unpaired) electrons. The number of hydrogen-bond donors (Lipinski definition) is 1. The molecular weight excluding hydrogens is 262 g/mol. The minimum absolute atomic E-state index is 0.0186. The summed E-state index contributed by atoms with van der Waals surface area (Å²) in [6.45, 7) is 2.04. The molecule has 2 N–H and O–H groups in total. The van der Waals surface area contributed by atoms with Crippen LogP contribution in [0.3, 0.4) is 0 Å². The highest BCUT2D eigenvalue weighted by Crippen LogP contribution is 2.20. The third kappa shape index (κ3) is 3.59. The molecule has 0 unspecified atom stereocenters. The van der Waals surface area contributed by atoms with Crippen molar-refractivity contribution in [2.45, 2.75) is 6.54 Å². The molecule has 0 bridgehead atoms. The first-order valence-electron chi connectivity index (χ1n) is 6.13. The Kier molecular flexibility index (Phi) is 4.75. The first-order valence-corrected chi connectivity index (χ1v) is 6.13. The van der Waals surface area contributed by atoms with Crippen LogP contribution in [0.5, 0.6) is 0 Å². The van der Waals surface area contributed by atoms with Crippen LogP contribution in [0, 0.1) is 10.1 Å². The van der Waals surface area contributed by atoms with Gasteiger partial charge in [-0.1, -0.05) is 12.1 Å². The van der Waals surface area contributed by atoms with Crippen LogP contribution in [0.2, 0.25) is 0 Å². The van der Waals surface area contributed by atoms with Gasteiger partial charge in [-0.25, -0.2) is 4.98 Å². The van der Waals surface area contributed by atoms with Gasteiger partial charge in [0.1, 0.15) is 6.33 Å². The van der Waals surface area contributed by atoms with Gasteiger partial charge in [-0.2, -0.15) is 5.10 Å². The third-order valence-corrected chi connectivity index (χ3v) is 2.58. The van der Waals surface area contributed by atoms with Crippen LogP contribution in [0.25, 0.3) is 11.4 Å². The number of aromatic nitrogens is 3. The van der Waals surface area contributed by atoms with Gasteiger partial charge in [0.15, 0.2) is 5.82 Å². The van der Waals surface area contributed by atoms with Crippen LogP contribution < -0.4 is 5.73 Å². The maximum Gasteiger partial charge on any atom is 0.270 e. The van der Waals surface area contributed by atoms with Crippen LogP contribution in [0.15, 0.2) is 30.6 Å². The molecule has 0 aliphatic heterocycles. The number of non-ortho nitro benzene ring substituents is 1. The largest absolute Gasteiger partial charge is 0.378 e. The van der Waals surface area contributed by atoms with E-state index in [1.165, 1.54) is 12.1 Å². The molecule has 0 saturated carbocycles. The van der Waals surface area contributed by atoms with Crippen LogP contribution in [-0.2, 0) is 11.3 Å². The zero-order chi connectivity index (χ0) is 14.4. The molecule has 20 heavy (non-hydrogen) atoms. The number of nitro benzene ring substituents is 1. The molecule has 2 rings (SSSR count). The Morgan fingerprint density at radius 1 is 1.40 bits per heavy atom. The summed E-state index contributed by atoms with van der Waals surface area (Å²) in [5, 5.41) is 15.0. The van der Waals surface area contributed by atoms with Gasteiger partial charge in [0, 0.05) is 24.2 Å². The molecule has 0 aliphatic carbocycles. The molecule has 0 fully saturated rings. The summed E-state index contributed by atoms with van der Waals surface area (Å²) in [5.41, 5.74) is 5.94. The summed E-state index contributed by atoms with van der Waals surface area (Å²) in [6.07, 6.45) is 1.57. The summed E-state index contributed by atoms with van der Waals surface area (Å²) in [4.78, 5) is 14.4. The number of benzene rings is 1. The van der Waals surface area contributed by atoms with Crippen molar-refractivity contribution in [1.82, 2.24) is 14.8 Å². The number of nitro groups is 1. The fourth-order valence-electron chi connectivity index (χ4n) is 1.64. The van der Waals surface area contributed by atoms with Gasteiger partial charge in [-0.15, -0.1) is 0 Å². The zero-order valence-electron chi connectivity index (χ0n) is 10.8. The maximum absolute atomic E-state index is 10.7. The van der Waals surface area contributed by atoms with E-state index in [2.05, 4.69) is 10.1 Å². The van der Waals surface area contributed by atoms with Crippen molar-refractivity contribution < 1.29 is 9.66 Å². The van der Waals surface area contributed by atoms with E-state index in [1.54, 1.807) is 23.1 Å². The third-order valence-electron chi connectivity index (χ3n) is 2.58. The number of nitrogens with two attached hydrogens (primary N) is 1. The molecule has 0 aliphatic rings. The number of nitrogens with zero attached hydrogens (tertiary/aromatic N) is 4. The lowest BCUT2D eigenvalue weighted by Crippen LogP contribution is -2.12. The van der Waals surface area contributed by atoms with E-state index in [0.29, 0.717) is 37.7 Å². The van der Waals surface area contributed by atoms with Gasteiger partial charge in [0.25, 0.3) is 5.69 Å². The smallest absolute Gasteiger partial charge is 0.270 e. The molecule has 106 valence electrons. The highest BCUT2D eigenvalue weighted by molar-refractivity contribution is 5.58. The first-order chi connectivity index (χ1) is 9.70. The predicted molar refractivity (Wildman–Crippen MR) is 72.0 cm³/mol. The van der Waals surface area contributed by atoms with Crippen LogP contribution in [0.4, 0.5) is 5.69 Å². The van der Waals surface area contributed by atoms with Crippen molar-refractivity contribution in [3.63, 3.8) is 0 Å². The van der Waals surface area contributed by atoms with Gasteiger partial charge in [-0.05, 0) is 0 Å². The average molecular weight is 277 g/mol. The standard InChI is InChI=1S/C12H15N5O3/c13-4-6-20-7-5-16-9-14-12(15-16)10-2-1-3-11(8-10)17(18)19/h1-3,8-9H,4-7,13H2. The van der Waals surface area contributed by atoms with Crippen molar-refractivity contribution in [2.75, 3.05) is 19.8 Å². The Hall–Kier alpha value is -2.32. The molecule has 2 aromatic rings. The monoisotopic (exact) mass is 277 g/mol. The lowest BCUT2D eigenvalue weighted by molar-refractivity contribution is -0.384. The highest BCUT2D eigenvalue weighted by Gasteiger charge is 2.10. The van der Waals surface area contributed by atoms with Gasteiger partial charge in [-0.3, -0.25) is 14.8 Å². The second-order valence-corrected chi connectivity index (χ2v) is 4.04. The molecule has 8 nitrogen and oxygen atoms in total. The fourth-order valence-corrected chi connectivity index (χ4v) is 1.64. The maximum atomic E-state index is 10.7. The molecule has 1 heterocycles. The molecule has 0 saturated heterocycles. The van der Waals surface area contributed by atoms with E-state index in [0.717, 1.165) is 0 Å². The van der Waals surface area contributed by atoms with E-state index < -0.39 is 4.92 Å². The topological polar surface area (TPSA) is 109 Å².